The first-order chi connectivity index (χ1) is 9.49. The van der Waals surface area contributed by atoms with Gasteiger partial charge in [-0.25, -0.2) is 0 Å². The largest absolute Gasteiger partial charge is 0.337 e. The molecule has 0 spiro atoms. The molecular formula is C13H16IN3O3. The summed E-state index contributed by atoms with van der Waals surface area (Å²) in [5, 5.41) is 10.8. The van der Waals surface area contributed by atoms with Crippen LogP contribution in [0.15, 0.2) is 18.2 Å². The van der Waals surface area contributed by atoms with Crippen LogP contribution in [0.3, 0.4) is 0 Å². The Morgan fingerprint density at radius 2 is 2.05 bits per heavy atom. The van der Waals surface area contributed by atoms with E-state index in [9.17, 15) is 14.9 Å². The SMILES string of the molecule is CN1CCCN(C(=O)c2cc([N+](=O)[O-])ccc2I)CC1. The summed E-state index contributed by atoms with van der Waals surface area (Å²) in [6.07, 6.45) is 0.924. The molecule has 1 aromatic carbocycles. The second kappa shape index (κ2) is 6.49. The number of halogens is 1. The van der Waals surface area contributed by atoms with Gasteiger partial charge in [-0.3, -0.25) is 14.9 Å². The maximum Gasteiger partial charge on any atom is 0.270 e. The second-order valence-corrected chi connectivity index (χ2v) is 6.03. The number of likely N-dealkylation sites (N-methyl/N-ethyl adjacent to an activating group) is 1. The highest BCUT2D eigenvalue weighted by molar-refractivity contribution is 14.1. The number of nitrogens with zero attached hydrogens (tertiary/aromatic N) is 3. The van der Waals surface area contributed by atoms with Gasteiger partial charge >= 0.3 is 0 Å². The first-order valence-corrected chi connectivity index (χ1v) is 7.48. The summed E-state index contributed by atoms with van der Waals surface area (Å²) >= 11 is 2.05. The topological polar surface area (TPSA) is 66.7 Å². The lowest BCUT2D eigenvalue weighted by molar-refractivity contribution is -0.384. The molecule has 108 valence electrons. The average Bonchev–Trinajstić information content (AvgIpc) is 2.63. The van der Waals surface area contributed by atoms with Crippen LogP contribution in [-0.4, -0.2) is 53.9 Å². The molecular weight excluding hydrogens is 373 g/mol. The van der Waals surface area contributed by atoms with Crippen molar-refractivity contribution in [3.63, 3.8) is 0 Å². The van der Waals surface area contributed by atoms with Gasteiger partial charge in [0.1, 0.15) is 0 Å². The highest BCUT2D eigenvalue weighted by Crippen LogP contribution is 2.21. The van der Waals surface area contributed by atoms with Crippen LogP contribution in [0.1, 0.15) is 16.8 Å². The van der Waals surface area contributed by atoms with Crippen molar-refractivity contribution in [1.82, 2.24) is 9.80 Å². The van der Waals surface area contributed by atoms with Crippen LogP contribution in [0.2, 0.25) is 0 Å². The van der Waals surface area contributed by atoms with Gasteiger partial charge in [0, 0.05) is 35.3 Å². The van der Waals surface area contributed by atoms with E-state index in [0.29, 0.717) is 18.7 Å². The van der Waals surface area contributed by atoms with Crippen molar-refractivity contribution < 1.29 is 9.72 Å². The van der Waals surface area contributed by atoms with Gasteiger partial charge in [0.05, 0.1) is 10.5 Å². The van der Waals surface area contributed by atoms with E-state index in [4.69, 9.17) is 0 Å². The molecule has 0 aliphatic carbocycles. The highest BCUT2D eigenvalue weighted by atomic mass is 127. The van der Waals surface area contributed by atoms with Gasteiger partial charge in [0.2, 0.25) is 0 Å². The zero-order valence-corrected chi connectivity index (χ0v) is 13.4. The molecule has 20 heavy (non-hydrogen) atoms. The standard InChI is InChI=1S/C13H16IN3O3/c1-15-5-2-6-16(8-7-15)13(18)11-9-10(17(19)20)3-4-12(11)14/h3-4,9H,2,5-8H2,1H3. The molecule has 0 atom stereocenters. The molecule has 1 aromatic rings. The first kappa shape index (κ1) is 15.2. The van der Waals surface area contributed by atoms with E-state index in [0.717, 1.165) is 23.1 Å². The summed E-state index contributed by atoms with van der Waals surface area (Å²) in [5.41, 5.74) is 0.380. The number of amides is 1. The molecule has 7 heteroatoms. The van der Waals surface area contributed by atoms with Crippen LogP contribution in [0.5, 0.6) is 0 Å². The Bertz CT molecular complexity index is 536. The summed E-state index contributed by atoms with van der Waals surface area (Å²) in [7, 11) is 2.03. The van der Waals surface area contributed by atoms with Crippen LogP contribution in [0.4, 0.5) is 5.69 Å². The van der Waals surface area contributed by atoms with Gasteiger partial charge in [0.25, 0.3) is 11.6 Å². The minimum absolute atomic E-state index is 0.0410. The lowest BCUT2D eigenvalue weighted by Crippen LogP contribution is -2.34. The third-order valence-electron chi connectivity index (χ3n) is 3.40. The van der Waals surface area contributed by atoms with Crippen molar-refractivity contribution in [2.24, 2.45) is 0 Å². The summed E-state index contributed by atoms with van der Waals surface area (Å²) < 4.78 is 0.746. The van der Waals surface area contributed by atoms with Crippen molar-refractivity contribution in [1.29, 1.82) is 0 Å². The summed E-state index contributed by atoms with van der Waals surface area (Å²) in [5.74, 6) is -0.117. The Morgan fingerprint density at radius 1 is 1.30 bits per heavy atom. The molecule has 1 fully saturated rings. The van der Waals surface area contributed by atoms with Crippen LogP contribution < -0.4 is 0 Å². The Morgan fingerprint density at radius 3 is 2.75 bits per heavy atom. The zero-order valence-electron chi connectivity index (χ0n) is 11.2. The van der Waals surface area contributed by atoms with Gasteiger partial charge in [-0.05, 0) is 48.7 Å². The van der Waals surface area contributed by atoms with Gasteiger partial charge in [-0.15, -0.1) is 0 Å². The molecule has 0 bridgehead atoms. The van der Waals surface area contributed by atoms with E-state index in [-0.39, 0.29) is 11.6 Å². The van der Waals surface area contributed by atoms with Gasteiger partial charge < -0.3 is 9.80 Å². The van der Waals surface area contributed by atoms with Crippen molar-refractivity contribution >= 4 is 34.2 Å². The normalized spacial score (nSPS) is 16.8. The molecule has 0 saturated carbocycles. The molecule has 0 aromatic heterocycles. The number of hydrogen-bond donors (Lipinski definition) is 0. The third kappa shape index (κ3) is 3.45. The molecule has 1 heterocycles. The van der Waals surface area contributed by atoms with Crippen LogP contribution in [0, 0.1) is 13.7 Å². The number of non-ortho nitro benzene ring substituents is 1. The van der Waals surface area contributed by atoms with Crippen LogP contribution in [-0.2, 0) is 0 Å². The van der Waals surface area contributed by atoms with Crippen molar-refractivity contribution in [3.8, 4) is 0 Å². The monoisotopic (exact) mass is 389 g/mol. The second-order valence-electron chi connectivity index (χ2n) is 4.87. The summed E-state index contributed by atoms with van der Waals surface area (Å²) in [6.45, 7) is 3.16. The minimum atomic E-state index is -0.469. The number of carbonyl (C=O) groups excluding carboxylic acids is 1. The quantitative estimate of drug-likeness (QED) is 0.441. The van der Waals surface area contributed by atoms with E-state index in [1.807, 2.05) is 29.6 Å². The predicted molar refractivity (Wildman–Crippen MR) is 83.8 cm³/mol. The smallest absolute Gasteiger partial charge is 0.270 e. The predicted octanol–water partition coefficient (Wildman–Crippen LogP) is 1.98. The van der Waals surface area contributed by atoms with Crippen molar-refractivity contribution in [2.45, 2.75) is 6.42 Å². The number of hydrogen-bond acceptors (Lipinski definition) is 4. The molecule has 1 saturated heterocycles. The molecule has 6 nitrogen and oxygen atoms in total. The van der Waals surface area contributed by atoms with E-state index >= 15 is 0 Å². The summed E-state index contributed by atoms with van der Waals surface area (Å²) in [4.78, 5) is 26.9. The molecule has 1 aliphatic rings. The van der Waals surface area contributed by atoms with Gasteiger partial charge in [-0.1, -0.05) is 0 Å². The summed E-state index contributed by atoms with van der Waals surface area (Å²) in [6, 6.07) is 4.42. The fraction of sp³-hybridized carbons (Fsp3) is 0.462. The van der Waals surface area contributed by atoms with Gasteiger partial charge in [-0.2, -0.15) is 0 Å². The van der Waals surface area contributed by atoms with Crippen molar-refractivity contribution in [3.05, 3.63) is 37.4 Å². The highest BCUT2D eigenvalue weighted by Gasteiger charge is 2.22. The number of benzene rings is 1. The lowest BCUT2D eigenvalue weighted by atomic mass is 10.1. The van der Waals surface area contributed by atoms with Crippen LogP contribution >= 0.6 is 22.6 Å². The fourth-order valence-electron chi connectivity index (χ4n) is 2.21. The average molecular weight is 389 g/mol. The number of nitro groups is 1. The molecule has 1 aliphatic heterocycles. The molecule has 0 N–H and O–H groups in total. The minimum Gasteiger partial charge on any atom is -0.337 e. The molecule has 1 amide bonds. The molecule has 0 radical (unpaired) electrons. The number of carbonyl (C=O) groups is 1. The van der Waals surface area contributed by atoms with Crippen LogP contribution in [0.25, 0.3) is 0 Å². The maximum absolute atomic E-state index is 12.5. The Hall–Kier alpha value is -1.22. The Balaban J connectivity index is 2.23. The first-order valence-electron chi connectivity index (χ1n) is 6.41. The maximum atomic E-state index is 12.5. The van der Waals surface area contributed by atoms with Gasteiger partial charge in [0.15, 0.2) is 0 Å². The fourth-order valence-corrected chi connectivity index (χ4v) is 2.78. The number of rotatable bonds is 2. The van der Waals surface area contributed by atoms with E-state index in [1.165, 1.54) is 12.1 Å². The third-order valence-corrected chi connectivity index (χ3v) is 4.34. The van der Waals surface area contributed by atoms with E-state index in [2.05, 4.69) is 4.90 Å². The Labute approximate surface area is 131 Å². The van der Waals surface area contributed by atoms with E-state index < -0.39 is 4.92 Å². The lowest BCUT2D eigenvalue weighted by Gasteiger charge is -2.21. The van der Waals surface area contributed by atoms with Crippen molar-refractivity contribution in [2.75, 3.05) is 33.2 Å². The molecule has 2 rings (SSSR count). The molecule has 0 unspecified atom stereocenters. The van der Waals surface area contributed by atoms with E-state index in [1.54, 1.807) is 11.0 Å². The Kier molecular flexibility index (Phi) is 4.92. The number of nitro benzene ring substituents is 1. The zero-order chi connectivity index (χ0) is 14.7.